The lowest BCUT2D eigenvalue weighted by molar-refractivity contribution is 0.0945. The highest BCUT2D eigenvalue weighted by atomic mass is 32.2. The van der Waals surface area contributed by atoms with Crippen LogP contribution >= 0.6 is 0 Å². The second-order valence-corrected chi connectivity index (χ2v) is 7.42. The summed E-state index contributed by atoms with van der Waals surface area (Å²) >= 11 is -2.38. The summed E-state index contributed by atoms with van der Waals surface area (Å²) in [5.41, 5.74) is 4.53. The number of nitrogens with zero attached hydrogens (tertiary/aromatic N) is 3. The van der Waals surface area contributed by atoms with Crippen molar-refractivity contribution >= 4 is 29.1 Å². The molecule has 170 valence electrons. The van der Waals surface area contributed by atoms with Crippen LogP contribution in [0.4, 0.5) is 0 Å². The summed E-state index contributed by atoms with van der Waals surface area (Å²) in [5.74, 6) is -0.846. The van der Waals surface area contributed by atoms with Gasteiger partial charge < -0.3 is 14.6 Å². The zero-order valence-corrected chi connectivity index (χ0v) is 18.4. The van der Waals surface area contributed by atoms with Gasteiger partial charge in [0.1, 0.15) is 11.4 Å². The Morgan fingerprint density at radius 2 is 1.94 bits per heavy atom. The van der Waals surface area contributed by atoms with E-state index < -0.39 is 28.8 Å². The van der Waals surface area contributed by atoms with Crippen LogP contribution in [0.1, 0.15) is 33.3 Å². The highest BCUT2D eigenvalue weighted by molar-refractivity contribution is 7.79. The van der Waals surface area contributed by atoms with Gasteiger partial charge in [-0.2, -0.15) is 5.10 Å². The number of aromatic nitrogens is 2. The Morgan fingerprint density at radius 1 is 1.15 bits per heavy atom. The van der Waals surface area contributed by atoms with E-state index in [-0.39, 0.29) is 11.3 Å². The molecule has 0 aliphatic rings. The molecule has 33 heavy (non-hydrogen) atoms. The highest BCUT2D eigenvalue weighted by Crippen LogP contribution is 2.20. The second-order valence-electron chi connectivity index (χ2n) is 6.53. The summed E-state index contributed by atoms with van der Waals surface area (Å²) < 4.78 is 26.6. The van der Waals surface area contributed by atoms with Crippen molar-refractivity contribution in [1.29, 1.82) is 0 Å². The lowest BCUT2D eigenvalue weighted by Crippen LogP contribution is -2.26. The third-order valence-corrected chi connectivity index (χ3v) is 4.59. The number of carbonyl (C=O) groups is 2. The number of hydrogen-bond acceptors (Lipinski definition) is 8. The molecule has 1 heterocycles. The first-order valence-electron chi connectivity index (χ1n) is 9.79. The summed E-state index contributed by atoms with van der Waals surface area (Å²) in [6.45, 7) is 2.47. The van der Waals surface area contributed by atoms with E-state index in [1.807, 2.05) is 31.2 Å². The van der Waals surface area contributed by atoms with Crippen LogP contribution in [-0.2, 0) is 11.1 Å². The molecule has 2 N–H and O–H groups in total. The minimum absolute atomic E-state index is 0.0808. The maximum Gasteiger partial charge on any atom is 0.291 e. The zero-order valence-electron chi connectivity index (χ0n) is 17.6. The quantitative estimate of drug-likeness (QED) is 0.278. The van der Waals surface area contributed by atoms with Crippen LogP contribution in [0.5, 0.6) is 5.75 Å². The minimum Gasteiger partial charge on any atom is -0.771 e. The molecule has 0 spiro atoms. The summed E-state index contributed by atoms with van der Waals surface area (Å²) in [7, 11) is 0. The Balaban J connectivity index is 1.64. The molecule has 0 aliphatic carbocycles. The van der Waals surface area contributed by atoms with E-state index in [1.165, 1.54) is 24.5 Å². The summed E-state index contributed by atoms with van der Waals surface area (Å²) in [6.07, 6.45) is 4.23. The van der Waals surface area contributed by atoms with Gasteiger partial charge in [-0.05, 0) is 60.0 Å². The number of hydrazone groups is 1. The third kappa shape index (κ3) is 7.02. The van der Waals surface area contributed by atoms with E-state index in [4.69, 9.17) is 4.74 Å². The smallest absolute Gasteiger partial charge is 0.291 e. The fourth-order valence-electron chi connectivity index (χ4n) is 2.71. The van der Waals surface area contributed by atoms with Crippen LogP contribution in [0.2, 0.25) is 0 Å². The largest absolute Gasteiger partial charge is 0.771 e. The molecular weight excluding hydrogens is 446 g/mol. The van der Waals surface area contributed by atoms with Crippen molar-refractivity contribution in [3.63, 3.8) is 0 Å². The summed E-state index contributed by atoms with van der Waals surface area (Å²) in [6, 6.07) is 13.6. The highest BCUT2D eigenvalue weighted by Gasteiger charge is 2.10. The van der Waals surface area contributed by atoms with Crippen molar-refractivity contribution in [3.8, 4) is 17.0 Å². The molecule has 2 aromatic carbocycles. The second kappa shape index (κ2) is 11.6. The molecule has 10 nitrogen and oxygen atoms in total. The van der Waals surface area contributed by atoms with Crippen molar-refractivity contribution in [2.45, 2.75) is 6.92 Å². The molecule has 3 aromatic rings. The molecule has 1 unspecified atom stereocenters. The average Bonchev–Trinajstić information content (AvgIpc) is 2.83. The predicted molar refractivity (Wildman–Crippen MR) is 121 cm³/mol. The van der Waals surface area contributed by atoms with Crippen LogP contribution in [-0.4, -0.2) is 49.2 Å². The number of benzene rings is 2. The van der Waals surface area contributed by atoms with E-state index >= 15 is 0 Å². The van der Waals surface area contributed by atoms with Gasteiger partial charge in [-0.15, -0.1) is 0 Å². The van der Waals surface area contributed by atoms with E-state index in [0.29, 0.717) is 17.9 Å². The topological polar surface area (TPSA) is 146 Å². The molecule has 1 aromatic heterocycles. The van der Waals surface area contributed by atoms with Gasteiger partial charge in [0.05, 0.1) is 36.8 Å². The molecule has 0 radical (unpaired) electrons. The van der Waals surface area contributed by atoms with Crippen molar-refractivity contribution in [2.75, 3.05) is 12.5 Å². The van der Waals surface area contributed by atoms with Gasteiger partial charge in [0, 0.05) is 11.1 Å². The van der Waals surface area contributed by atoms with Gasteiger partial charge in [0.2, 0.25) is 0 Å². The van der Waals surface area contributed by atoms with E-state index in [2.05, 4.69) is 25.8 Å². The van der Waals surface area contributed by atoms with Crippen LogP contribution in [0, 0.1) is 0 Å². The van der Waals surface area contributed by atoms with Crippen LogP contribution in [0.15, 0.2) is 66.0 Å². The lowest BCUT2D eigenvalue weighted by atomic mass is 10.1. The monoisotopic (exact) mass is 466 g/mol. The van der Waals surface area contributed by atoms with Gasteiger partial charge in [-0.1, -0.05) is 12.1 Å². The Labute approximate surface area is 192 Å². The average molecular weight is 466 g/mol. The van der Waals surface area contributed by atoms with Gasteiger partial charge in [-0.3, -0.25) is 18.8 Å². The van der Waals surface area contributed by atoms with Gasteiger partial charge in [-0.25, -0.2) is 10.4 Å². The van der Waals surface area contributed by atoms with E-state index in [0.717, 1.165) is 11.3 Å². The van der Waals surface area contributed by atoms with Gasteiger partial charge >= 0.3 is 0 Å². The number of nitrogens with one attached hydrogen (secondary N) is 2. The molecule has 2 amide bonds. The third-order valence-electron chi connectivity index (χ3n) is 4.21. The fraction of sp³-hybridized carbons (Fsp3) is 0.136. The van der Waals surface area contributed by atoms with E-state index in [1.54, 1.807) is 18.3 Å². The Morgan fingerprint density at radius 3 is 2.67 bits per heavy atom. The number of hydrogen-bond donors (Lipinski definition) is 2. The fourth-order valence-corrected chi connectivity index (χ4v) is 2.96. The molecule has 0 saturated carbocycles. The molecule has 1 atom stereocenters. The van der Waals surface area contributed by atoms with Crippen molar-refractivity contribution in [1.82, 2.24) is 20.7 Å². The SMILES string of the molecule is CCOc1ccc(-c2cncc(C(=O)N/N=C/c3cccc(C(=O)NCS(=O)[O-])c3)n2)cc1. The van der Waals surface area contributed by atoms with Crippen LogP contribution in [0.3, 0.4) is 0 Å². The zero-order chi connectivity index (χ0) is 23.6. The number of ether oxygens (including phenoxy) is 1. The molecule has 11 heteroatoms. The standard InChI is InChI=1S/C22H21N5O5S/c1-2-32-18-8-6-16(7-9-18)19-12-23-13-20(26-19)22(29)27-25-11-15-4-3-5-17(10-15)21(28)24-14-33(30)31/h3-13H,2,14H2,1H3,(H,24,28)(H,27,29)(H,30,31)/p-1/b25-11+. The number of carbonyl (C=O) groups excluding carboxylic acids is 2. The van der Waals surface area contributed by atoms with Gasteiger partial charge in [0.15, 0.2) is 0 Å². The number of rotatable bonds is 9. The Hall–Kier alpha value is -3.96. The molecule has 0 fully saturated rings. The first-order chi connectivity index (χ1) is 16.0. The molecule has 3 rings (SSSR count). The Kier molecular flexibility index (Phi) is 8.33. The van der Waals surface area contributed by atoms with Crippen molar-refractivity contribution < 1.29 is 23.1 Å². The van der Waals surface area contributed by atoms with Crippen LogP contribution in [0.25, 0.3) is 11.3 Å². The summed E-state index contributed by atoms with van der Waals surface area (Å²) in [5, 5.41) is 6.15. The Bertz CT molecular complexity index is 1180. The molecule has 0 saturated heterocycles. The molecular formula is C22H20N5O5S-. The first kappa shape index (κ1) is 23.7. The lowest BCUT2D eigenvalue weighted by Gasteiger charge is -2.07. The van der Waals surface area contributed by atoms with Crippen molar-refractivity contribution in [3.05, 3.63) is 77.7 Å². The number of amides is 2. The van der Waals surface area contributed by atoms with E-state index in [9.17, 15) is 18.4 Å². The summed E-state index contributed by atoms with van der Waals surface area (Å²) in [4.78, 5) is 32.8. The van der Waals surface area contributed by atoms with Crippen molar-refractivity contribution in [2.24, 2.45) is 5.10 Å². The first-order valence-corrected chi connectivity index (χ1v) is 11.0. The predicted octanol–water partition coefficient (Wildman–Crippen LogP) is 1.87. The van der Waals surface area contributed by atoms with Crippen LogP contribution < -0.4 is 15.5 Å². The molecule has 0 aliphatic heterocycles. The van der Waals surface area contributed by atoms with Gasteiger partial charge in [0.25, 0.3) is 11.8 Å². The maximum absolute atomic E-state index is 12.4. The minimum atomic E-state index is -2.38. The maximum atomic E-state index is 12.4. The molecule has 0 bridgehead atoms. The normalized spacial score (nSPS) is 11.7.